The molecule has 2 rings (SSSR count). The molecule has 0 unspecified atom stereocenters. The molecule has 3 nitrogen and oxygen atoms in total. The van der Waals surface area contributed by atoms with Gasteiger partial charge in [0.25, 0.3) is 0 Å². The minimum absolute atomic E-state index is 0.555. The number of nitrogens with zero attached hydrogens (tertiary/aromatic N) is 1. The number of halogens is 1. The van der Waals surface area contributed by atoms with Crippen molar-refractivity contribution in [2.24, 2.45) is 0 Å². The van der Waals surface area contributed by atoms with E-state index in [4.69, 9.17) is 0 Å². The van der Waals surface area contributed by atoms with Gasteiger partial charge in [0, 0.05) is 4.47 Å². The van der Waals surface area contributed by atoms with E-state index in [1.165, 1.54) is 0 Å². The molecule has 0 bridgehead atoms. The molecular weight excluding hydrogens is 244 g/mol. The molecule has 2 N–H and O–H groups in total. The number of aromatic nitrogens is 2. The fraction of sp³-hybridized carbons (Fsp3) is 0.300. The topological polar surface area (TPSA) is 48.9 Å². The Morgan fingerprint density at radius 2 is 2.21 bits per heavy atom. The van der Waals surface area contributed by atoms with Gasteiger partial charge in [-0.1, -0.05) is 15.9 Å². The van der Waals surface area contributed by atoms with E-state index in [0.717, 1.165) is 21.1 Å². The maximum absolute atomic E-state index is 9.38. The van der Waals surface area contributed by atoms with E-state index in [1.54, 1.807) is 6.92 Å². The van der Waals surface area contributed by atoms with Crippen LogP contribution in [0, 0.1) is 6.92 Å². The number of fused-ring (bicyclic) bond motifs is 1. The zero-order chi connectivity index (χ0) is 10.3. The van der Waals surface area contributed by atoms with Crippen molar-refractivity contribution in [3.63, 3.8) is 0 Å². The molecule has 1 heterocycles. The van der Waals surface area contributed by atoms with E-state index in [0.29, 0.717) is 5.82 Å². The van der Waals surface area contributed by atoms with Crippen molar-refractivity contribution < 1.29 is 5.11 Å². The van der Waals surface area contributed by atoms with E-state index in [-0.39, 0.29) is 0 Å². The zero-order valence-electron chi connectivity index (χ0n) is 8.00. The Bertz CT molecular complexity index is 476. The Morgan fingerprint density at radius 3 is 2.86 bits per heavy atom. The summed E-state index contributed by atoms with van der Waals surface area (Å²) in [6, 6.07) is 3.97. The molecule has 0 radical (unpaired) electrons. The molecule has 2 aromatic rings. The van der Waals surface area contributed by atoms with Crippen molar-refractivity contribution in [3.05, 3.63) is 28.0 Å². The van der Waals surface area contributed by atoms with Gasteiger partial charge < -0.3 is 10.1 Å². The summed E-state index contributed by atoms with van der Waals surface area (Å²) in [6.45, 7) is 3.70. The first-order valence-corrected chi connectivity index (χ1v) is 5.21. The smallest absolute Gasteiger partial charge is 0.135 e. The predicted octanol–water partition coefficient (Wildman–Crippen LogP) is 2.69. The van der Waals surface area contributed by atoms with Crippen molar-refractivity contribution >= 4 is 27.0 Å². The Labute approximate surface area is 90.3 Å². The van der Waals surface area contributed by atoms with Crippen LogP contribution in [0.4, 0.5) is 0 Å². The number of imidazole rings is 1. The number of rotatable bonds is 1. The van der Waals surface area contributed by atoms with Crippen LogP contribution < -0.4 is 0 Å². The first-order valence-electron chi connectivity index (χ1n) is 4.42. The monoisotopic (exact) mass is 254 g/mol. The highest BCUT2D eigenvalue weighted by molar-refractivity contribution is 9.10. The van der Waals surface area contributed by atoms with E-state index < -0.39 is 6.10 Å². The molecule has 4 heteroatoms. The molecule has 0 aliphatic carbocycles. The quantitative estimate of drug-likeness (QED) is 0.823. The van der Waals surface area contributed by atoms with E-state index >= 15 is 0 Å². The van der Waals surface area contributed by atoms with Gasteiger partial charge in [-0.15, -0.1) is 0 Å². The number of benzene rings is 1. The average molecular weight is 255 g/mol. The van der Waals surface area contributed by atoms with Gasteiger partial charge in [-0.2, -0.15) is 0 Å². The molecule has 0 saturated carbocycles. The average Bonchev–Trinajstić information content (AvgIpc) is 2.47. The summed E-state index contributed by atoms with van der Waals surface area (Å²) in [7, 11) is 0. The molecule has 74 valence electrons. The van der Waals surface area contributed by atoms with Gasteiger partial charge in [0.2, 0.25) is 0 Å². The SMILES string of the molecule is Cc1cc(Br)cc2[nH]c([C@H](C)O)nc12. The fourth-order valence-electron chi connectivity index (χ4n) is 1.46. The predicted molar refractivity (Wildman–Crippen MR) is 59.2 cm³/mol. The van der Waals surface area contributed by atoms with Crippen LogP contribution in [-0.4, -0.2) is 15.1 Å². The zero-order valence-corrected chi connectivity index (χ0v) is 9.59. The van der Waals surface area contributed by atoms with E-state index in [9.17, 15) is 5.11 Å². The summed E-state index contributed by atoms with van der Waals surface area (Å²) in [4.78, 5) is 7.41. The second-order valence-electron chi connectivity index (χ2n) is 3.42. The molecule has 1 aromatic heterocycles. The molecule has 0 fully saturated rings. The standard InChI is InChI=1S/C10H11BrN2O/c1-5-3-7(11)4-8-9(5)13-10(12-8)6(2)14/h3-4,6,14H,1-2H3,(H,12,13)/t6-/m0/s1. The molecule has 0 aliphatic rings. The van der Waals surface area contributed by atoms with Gasteiger partial charge in [0.05, 0.1) is 11.0 Å². The van der Waals surface area contributed by atoms with Gasteiger partial charge in [0.15, 0.2) is 0 Å². The van der Waals surface area contributed by atoms with Crippen LogP contribution in [0.1, 0.15) is 24.4 Å². The lowest BCUT2D eigenvalue weighted by Gasteiger charge is -1.95. The third-order valence-corrected chi connectivity index (χ3v) is 2.61. The summed E-state index contributed by atoms with van der Waals surface area (Å²) in [5, 5.41) is 9.38. The molecule has 0 saturated heterocycles. The first kappa shape index (κ1) is 9.68. The van der Waals surface area contributed by atoms with Crippen LogP contribution in [-0.2, 0) is 0 Å². The van der Waals surface area contributed by atoms with E-state index in [2.05, 4.69) is 25.9 Å². The van der Waals surface area contributed by atoms with Gasteiger partial charge in [-0.3, -0.25) is 0 Å². The summed E-state index contributed by atoms with van der Waals surface area (Å²) < 4.78 is 1.02. The maximum Gasteiger partial charge on any atom is 0.135 e. The van der Waals surface area contributed by atoms with Crippen LogP contribution in [0.5, 0.6) is 0 Å². The van der Waals surface area contributed by atoms with Crippen molar-refractivity contribution in [1.29, 1.82) is 0 Å². The fourth-order valence-corrected chi connectivity index (χ4v) is 2.04. The highest BCUT2D eigenvalue weighted by Crippen LogP contribution is 2.23. The summed E-state index contributed by atoms with van der Waals surface area (Å²) in [5.74, 6) is 0.612. The first-order chi connectivity index (χ1) is 6.58. The molecule has 1 atom stereocenters. The number of H-pyrrole nitrogens is 1. The molecule has 0 spiro atoms. The van der Waals surface area contributed by atoms with E-state index in [1.807, 2.05) is 19.1 Å². The summed E-state index contributed by atoms with van der Waals surface area (Å²) >= 11 is 3.42. The van der Waals surface area contributed by atoms with Crippen LogP contribution in [0.15, 0.2) is 16.6 Å². The number of aryl methyl sites for hydroxylation is 1. The number of aliphatic hydroxyl groups is 1. The third-order valence-electron chi connectivity index (χ3n) is 2.16. The van der Waals surface area contributed by atoms with Crippen molar-refractivity contribution in [1.82, 2.24) is 9.97 Å². The molecule has 1 aromatic carbocycles. The normalized spacial score (nSPS) is 13.4. The van der Waals surface area contributed by atoms with Crippen molar-refractivity contribution in [3.8, 4) is 0 Å². The van der Waals surface area contributed by atoms with Crippen LogP contribution in [0.3, 0.4) is 0 Å². The third kappa shape index (κ3) is 1.55. The minimum atomic E-state index is -0.555. The summed E-state index contributed by atoms with van der Waals surface area (Å²) in [5.41, 5.74) is 2.97. The highest BCUT2D eigenvalue weighted by Gasteiger charge is 2.09. The van der Waals surface area contributed by atoms with Crippen LogP contribution in [0.2, 0.25) is 0 Å². The maximum atomic E-state index is 9.38. The number of hydrogen-bond acceptors (Lipinski definition) is 2. The van der Waals surface area contributed by atoms with Crippen molar-refractivity contribution in [2.45, 2.75) is 20.0 Å². The molecule has 0 aliphatic heterocycles. The molecule has 0 amide bonds. The van der Waals surface area contributed by atoms with Crippen LogP contribution in [0.25, 0.3) is 11.0 Å². The number of hydrogen-bond donors (Lipinski definition) is 2. The Morgan fingerprint density at radius 1 is 1.50 bits per heavy atom. The van der Waals surface area contributed by atoms with Gasteiger partial charge in [-0.05, 0) is 31.5 Å². The van der Waals surface area contributed by atoms with Gasteiger partial charge in [-0.25, -0.2) is 4.98 Å². The minimum Gasteiger partial charge on any atom is -0.385 e. The molecule has 14 heavy (non-hydrogen) atoms. The number of nitrogens with one attached hydrogen (secondary N) is 1. The second-order valence-corrected chi connectivity index (χ2v) is 4.33. The highest BCUT2D eigenvalue weighted by atomic mass is 79.9. The Balaban J connectivity index is 2.70. The Kier molecular flexibility index (Phi) is 2.33. The number of aromatic amines is 1. The summed E-state index contributed by atoms with van der Waals surface area (Å²) in [6.07, 6.45) is -0.555. The largest absolute Gasteiger partial charge is 0.385 e. The van der Waals surface area contributed by atoms with Crippen molar-refractivity contribution in [2.75, 3.05) is 0 Å². The lowest BCUT2D eigenvalue weighted by Crippen LogP contribution is -1.92. The number of aliphatic hydroxyl groups excluding tert-OH is 1. The van der Waals surface area contributed by atoms with Crippen LogP contribution >= 0.6 is 15.9 Å². The lowest BCUT2D eigenvalue weighted by atomic mass is 10.2. The second kappa shape index (κ2) is 3.37. The Hall–Kier alpha value is -0.870. The molecular formula is C10H11BrN2O. The van der Waals surface area contributed by atoms with Gasteiger partial charge >= 0.3 is 0 Å². The van der Waals surface area contributed by atoms with Gasteiger partial charge in [0.1, 0.15) is 11.9 Å². The lowest BCUT2D eigenvalue weighted by molar-refractivity contribution is 0.190.